The van der Waals surface area contributed by atoms with E-state index in [0.29, 0.717) is 26.2 Å². The number of terminal acetylenes is 1. The van der Waals surface area contributed by atoms with Crippen LogP contribution in [0, 0.1) is 12.3 Å². The Kier molecular flexibility index (Phi) is 7.14. The summed E-state index contributed by atoms with van der Waals surface area (Å²) >= 11 is 0. The van der Waals surface area contributed by atoms with E-state index in [-0.39, 0.29) is 31.4 Å². The van der Waals surface area contributed by atoms with Crippen LogP contribution in [0.2, 0.25) is 0 Å². The third-order valence-corrected chi connectivity index (χ3v) is 6.30. The minimum atomic E-state index is -0.901. The zero-order chi connectivity index (χ0) is 24.1. The second-order valence-electron chi connectivity index (χ2n) is 8.43. The first-order valence-electron chi connectivity index (χ1n) is 11.3. The van der Waals surface area contributed by atoms with Crippen molar-refractivity contribution in [2.75, 3.05) is 39.3 Å². The Hall–Kier alpha value is -3.83. The Bertz CT molecular complexity index is 1070. The molecule has 2 aliphatic rings. The molecule has 2 aromatic rings. The highest BCUT2D eigenvalue weighted by Gasteiger charge is 2.31. The van der Waals surface area contributed by atoms with Crippen LogP contribution in [-0.4, -0.2) is 78.2 Å². The average molecular weight is 462 g/mol. The van der Waals surface area contributed by atoms with Gasteiger partial charge in [0.1, 0.15) is 12.6 Å². The number of fused-ring (bicyclic) bond motifs is 3. The van der Waals surface area contributed by atoms with Crippen LogP contribution in [0.25, 0.3) is 11.1 Å². The van der Waals surface area contributed by atoms with Crippen molar-refractivity contribution in [1.82, 2.24) is 15.1 Å². The maximum absolute atomic E-state index is 13.0. The van der Waals surface area contributed by atoms with Crippen molar-refractivity contribution in [3.8, 4) is 23.5 Å². The predicted octanol–water partition coefficient (Wildman–Crippen LogP) is 2.15. The standard InChI is InChI=1S/C26H27N3O5/c1-2-7-23(25(32)29-14-12-28(13-15-29)16-24(30)31)27-26(33)34-17-22-20-10-5-3-8-18(20)19-9-4-6-11-21(19)22/h1,3-6,8-11,22-23H,7,12-17H2,(H,27,33)(H,30,31). The maximum Gasteiger partial charge on any atom is 0.407 e. The molecule has 0 aromatic heterocycles. The van der Waals surface area contributed by atoms with Crippen LogP contribution in [-0.2, 0) is 14.3 Å². The molecule has 2 N–H and O–H groups in total. The summed E-state index contributed by atoms with van der Waals surface area (Å²) in [5, 5.41) is 11.6. The van der Waals surface area contributed by atoms with Crippen LogP contribution >= 0.6 is 0 Å². The van der Waals surface area contributed by atoms with Crippen LogP contribution in [0.4, 0.5) is 4.79 Å². The molecule has 4 rings (SSSR count). The number of carboxylic acid groups (broad SMARTS) is 1. The fourth-order valence-corrected chi connectivity index (χ4v) is 4.64. The summed E-state index contributed by atoms with van der Waals surface area (Å²) in [6, 6.07) is 15.2. The number of nitrogens with one attached hydrogen (secondary N) is 1. The highest BCUT2D eigenvalue weighted by Crippen LogP contribution is 2.44. The van der Waals surface area contributed by atoms with Gasteiger partial charge in [0.15, 0.2) is 0 Å². The van der Waals surface area contributed by atoms with E-state index >= 15 is 0 Å². The number of hydrogen-bond donors (Lipinski definition) is 2. The largest absolute Gasteiger partial charge is 0.480 e. The van der Waals surface area contributed by atoms with E-state index in [9.17, 15) is 14.4 Å². The van der Waals surface area contributed by atoms with Crippen LogP contribution in [0.15, 0.2) is 48.5 Å². The number of ether oxygens (including phenoxy) is 1. The molecule has 2 aromatic carbocycles. The van der Waals surface area contributed by atoms with Gasteiger partial charge in [0.25, 0.3) is 0 Å². The number of carbonyl (C=O) groups is 3. The Morgan fingerprint density at radius 2 is 1.62 bits per heavy atom. The molecule has 176 valence electrons. The van der Waals surface area contributed by atoms with Crippen molar-refractivity contribution in [3.63, 3.8) is 0 Å². The van der Waals surface area contributed by atoms with E-state index in [2.05, 4.69) is 23.4 Å². The summed E-state index contributed by atoms with van der Waals surface area (Å²) < 4.78 is 5.55. The van der Waals surface area contributed by atoms with Gasteiger partial charge in [-0.3, -0.25) is 14.5 Å². The van der Waals surface area contributed by atoms with Crippen molar-refractivity contribution >= 4 is 18.0 Å². The quantitative estimate of drug-likeness (QED) is 0.613. The molecule has 8 nitrogen and oxygen atoms in total. The zero-order valence-electron chi connectivity index (χ0n) is 18.8. The van der Waals surface area contributed by atoms with Crippen LogP contribution in [0.1, 0.15) is 23.5 Å². The molecule has 1 aliphatic carbocycles. The van der Waals surface area contributed by atoms with Crippen LogP contribution in [0.3, 0.4) is 0 Å². The molecule has 0 radical (unpaired) electrons. The van der Waals surface area contributed by atoms with Gasteiger partial charge in [0.2, 0.25) is 5.91 Å². The van der Waals surface area contributed by atoms with Gasteiger partial charge in [-0.05, 0) is 22.3 Å². The van der Waals surface area contributed by atoms with E-state index in [1.807, 2.05) is 36.4 Å². The zero-order valence-corrected chi connectivity index (χ0v) is 18.8. The number of carbonyl (C=O) groups excluding carboxylic acids is 2. The first kappa shape index (κ1) is 23.3. The van der Waals surface area contributed by atoms with Gasteiger partial charge < -0.3 is 20.1 Å². The molecule has 0 spiro atoms. The second-order valence-corrected chi connectivity index (χ2v) is 8.43. The van der Waals surface area contributed by atoms with Gasteiger partial charge in [-0.25, -0.2) is 4.79 Å². The lowest BCUT2D eigenvalue weighted by Crippen LogP contribution is -2.55. The lowest BCUT2D eigenvalue weighted by molar-refractivity contribution is -0.139. The number of nitrogens with zero attached hydrogens (tertiary/aromatic N) is 2. The van der Waals surface area contributed by atoms with Crippen molar-refractivity contribution in [1.29, 1.82) is 0 Å². The molecule has 1 aliphatic heterocycles. The predicted molar refractivity (Wildman–Crippen MR) is 126 cm³/mol. The third-order valence-electron chi connectivity index (χ3n) is 6.30. The molecule has 1 saturated heterocycles. The van der Waals surface area contributed by atoms with Gasteiger partial charge in [-0.1, -0.05) is 48.5 Å². The Morgan fingerprint density at radius 3 is 2.18 bits per heavy atom. The Balaban J connectivity index is 1.35. The summed E-state index contributed by atoms with van der Waals surface area (Å²) in [7, 11) is 0. The van der Waals surface area contributed by atoms with Crippen molar-refractivity contribution < 1.29 is 24.2 Å². The van der Waals surface area contributed by atoms with Crippen LogP contribution in [0.5, 0.6) is 0 Å². The van der Waals surface area contributed by atoms with Gasteiger partial charge in [-0.2, -0.15) is 0 Å². The molecular weight excluding hydrogens is 434 g/mol. The molecular formula is C26H27N3O5. The molecule has 1 unspecified atom stereocenters. The summed E-state index contributed by atoms with van der Waals surface area (Å²) in [6.45, 7) is 1.73. The average Bonchev–Trinajstić information content (AvgIpc) is 3.16. The Labute approximate surface area is 198 Å². The minimum Gasteiger partial charge on any atom is -0.480 e. The monoisotopic (exact) mass is 461 g/mol. The Morgan fingerprint density at radius 1 is 1.03 bits per heavy atom. The summed E-state index contributed by atoms with van der Waals surface area (Å²) in [4.78, 5) is 39.8. The molecule has 1 heterocycles. The van der Waals surface area contributed by atoms with Crippen molar-refractivity contribution in [2.24, 2.45) is 0 Å². The third kappa shape index (κ3) is 5.05. The summed E-state index contributed by atoms with van der Waals surface area (Å²) in [6.07, 6.45) is 4.79. The molecule has 2 amide bonds. The van der Waals surface area contributed by atoms with Gasteiger partial charge in [0, 0.05) is 38.5 Å². The number of hydrogen-bond acceptors (Lipinski definition) is 5. The minimum absolute atomic E-state index is 0.0400. The number of aliphatic carboxylic acids is 1. The van der Waals surface area contributed by atoms with Crippen LogP contribution < -0.4 is 5.32 Å². The molecule has 8 heteroatoms. The topological polar surface area (TPSA) is 99.2 Å². The molecule has 1 fully saturated rings. The second kappa shape index (κ2) is 10.4. The SMILES string of the molecule is C#CCC(NC(=O)OCC1c2ccccc2-c2ccccc21)C(=O)N1CCN(CC(=O)O)CC1. The van der Waals surface area contributed by atoms with E-state index in [4.69, 9.17) is 16.3 Å². The fraction of sp³-hybridized carbons (Fsp3) is 0.346. The highest BCUT2D eigenvalue weighted by molar-refractivity contribution is 5.86. The van der Waals surface area contributed by atoms with E-state index in [1.54, 1.807) is 9.80 Å². The highest BCUT2D eigenvalue weighted by atomic mass is 16.5. The first-order valence-corrected chi connectivity index (χ1v) is 11.3. The number of piperazine rings is 1. The fourth-order valence-electron chi connectivity index (χ4n) is 4.64. The first-order chi connectivity index (χ1) is 16.5. The lowest BCUT2D eigenvalue weighted by Gasteiger charge is -2.35. The maximum atomic E-state index is 13.0. The number of benzene rings is 2. The van der Waals surface area contributed by atoms with Gasteiger partial charge >= 0.3 is 12.1 Å². The van der Waals surface area contributed by atoms with Crippen molar-refractivity contribution in [2.45, 2.75) is 18.4 Å². The summed E-state index contributed by atoms with van der Waals surface area (Å²) in [5.41, 5.74) is 4.48. The normalized spacial score (nSPS) is 16.1. The van der Waals surface area contributed by atoms with Gasteiger partial charge in [0.05, 0.1) is 6.54 Å². The number of alkyl carbamates (subject to hydrolysis) is 1. The molecule has 1 atom stereocenters. The molecule has 0 saturated carbocycles. The number of carboxylic acids is 1. The molecule has 34 heavy (non-hydrogen) atoms. The molecule has 0 bridgehead atoms. The van der Waals surface area contributed by atoms with Crippen molar-refractivity contribution in [3.05, 3.63) is 59.7 Å². The summed E-state index contributed by atoms with van der Waals surface area (Å²) in [5.74, 6) is 1.17. The number of rotatable bonds is 7. The van der Waals surface area contributed by atoms with E-state index in [1.165, 1.54) is 0 Å². The van der Waals surface area contributed by atoms with E-state index < -0.39 is 18.1 Å². The van der Waals surface area contributed by atoms with Gasteiger partial charge in [-0.15, -0.1) is 12.3 Å². The lowest BCUT2D eigenvalue weighted by atomic mass is 9.98. The van der Waals surface area contributed by atoms with E-state index in [0.717, 1.165) is 22.3 Å². The number of amides is 2. The smallest absolute Gasteiger partial charge is 0.407 e.